The van der Waals surface area contributed by atoms with Crippen LogP contribution in [0.5, 0.6) is 0 Å². The Kier molecular flexibility index (Phi) is 3.62. The summed E-state index contributed by atoms with van der Waals surface area (Å²) in [7, 11) is 0. The monoisotopic (exact) mass is 283 g/mol. The molecule has 4 nitrogen and oxygen atoms in total. The number of nitrogens with zero attached hydrogens (tertiary/aromatic N) is 1. The average Bonchev–Trinajstić information content (AvgIpc) is 2.34. The Morgan fingerprint density at radius 3 is 2.74 bits per heavy atom. The molecule has 0 aliphatic heterocycles. The van der Waals surface area contributed by atoms with Crippen molar-refractivity contribution in [1.82, 2.24) is 4.98 Å². The molecule has 1 aromatic carbocycles. The third kappa shape index (κ3) is 2.79. The summed E-state index contributed by atoms with van der Waals surface area (Å²) in [6.07, 6.45) is 2.66. The highest BCUT2D eigenvalue weighted by atomic mass is 35.5. The molecule has 0 fully saturated rings. The molecule has 1 amide bonds. The Labute approximate surface area is 112 Å². The van der Waals surface area contributed by atoms with Gasteiger partial charge in [0, 0.05) is 12.3 Å². The minimum absolute atomic E-state index is 0.120. The number of carbonyl (C=O) groups is 1. The summed E-state index contributed by atoms with van der Waals surface area (Å²) in [5.74, 6) is -2.46. The molecule has 0 aliphatic rings. The highest BCUT2D eigenvalue weighted by Crippen LogP contribution is 2.27. The van der Waals surface area contributed by atoms with Gasteiger partial charge >= 0.3 is 0 Å². The molecule has 7 heteroatoms. The van der Waals surface area contributed by atoms with Crippen LogP contribution in [0, 0.1) is 11.6 Å². The summed E-state index contributed by atoms with van der Waals surface area (Å²) < 4.78 is 26.4. The van der Waals surface area contributed by atoms with Crippen molar-refractivity contribution in [2.24, 2.45) is 0 Å². The molecule has 3 N–H and O–H groups in total. The van der Waals surface area contributed by atoms with E-state index in [4.69, 9.17) is 17.3 Å². The largest absolute Gasteiger partial charge is 0.397 e. The Balaban J connectivity index is 2.32. The quantitative estimate of drug-likeness (QED) is 0.890. The standard InChI is InChI=1S/C12H8ClF2N3O/c13-8-3-6(14)4-9(15)11(8)18-12(19)7-1-2-17-5-10(7)16/h1-5H,16H2,(H,18,19). The van der Waals surface area contributed by atoms with E-state index in [1.807, 2.05) is 0 Å². The molecule has 2 rings (SSSR count). The van der Waals surface area contributed by atoms with E-state index >= 15 is 0 Å². The van der Waals surface area contributed by atoms with Crippen LogP contribution in [0.4, 0.5) is 20.2 Å². The number of aromatic nitrogens is 1. The minimum atomic E-state index is -0.967. The SMILES string of the molecule is Nc1cnccc1C(=O)Nc1c(F)cc(F)cc1Cl. The molecule has 98 valence electrons. The molecule has 1 aromatic heterocycles. The van der Waals surface area contributed by atoms with Crippen LogP contribution >= 0.6 is 11.6 Å². The van der Waals surface area contributed by atoms with E-state index in [1.54, 1.807) is 0 Å². The highest BCUT2D eigenvalue weighted by molar-refractivity contribution is 6.34. The molecular formula is C12H8ClF2N3O. The molecule has 0 radical (unpaired) electrons. The maximum absolute atomic E-state index is 13.5. The average molecular weight is 284 g/mol. The molecule has 0 atom stereocenters. The smallest absolute Gasteiger partial charge is 0.257 e. The first-order valence-electron chi connectivity index (χ1n) is 5.14. The van der Waals surface area contributed by atoms with Crippen LogP contribution in [-0.2, 0) is 0 Å². The van der Waals surface area contributed by atoms with Crippen molar-refractivity contribution < 1.29 is 13.6 Å². The van der Waals surface area contributed by atoms with Crippen molar-refractivity contribution in [2.75, 3.05) is 11.1 Å². The van der Waals surface area contributed by atoms with Crippen LogP contribution < -0.4 is 11.1 Å². The lowest BCUT2D eigenvalue weighted by Crippen LogP contribution is -2.15. The van der Waals surface area contributed by atoms with Crippen LogP contribution in [0.1, 0.15) is 10.4 Å². The zero-order valence-corrected chi connectivity index (χ0v) is 10.2. The van der Waals surface area contributed by atoms with Crippen molar-refractivity contribution in [3.63, 3.8) is 0 Å². The van der Waals surface area contributed by atoms with Crippen molar-refractivity contribution in [3.8, 4) is 0 Å². The first-order valence-corrected chi connectivity index (χ1v) is 5.52. The fourth-order valence-electron chi connectivity index (χ4n) is 1.46. The zero-order chi connectivity index (χ0) is 14.0. The van der Waals surface area contributed by atoms with Crippen LogP contribution in [0.3, 0.4) is 0 Å². The summed E-state index contributed by atoms with van der Waals surface area (Å²) in [4.78, 5) is 15.6. The predicted molar refractivity (Wildman–Crippen MR) is 68.0 cm³/mol. The fourth-order valence-corrected chi connectivity index (χ4v) is 1.70. The van der Waals surface area contributed by atoms with Gasteiger partial charge in [0.05, 0.1) is 28.2 Å². The Morgan fingerprint density at radius 1 is 1.37 bits per heavy atom. The second-order valence-corrected chi connectivity index (χ2v) is 4.07. The third-order valence-electron chi connectivity index (χ3n) is 2.34. The lowest BCUT2D eigenvalue weighted by Gasteiger charge is -2.09. The number of hydrogen-bond acceptors (Lipinski definition) is 3. The van der Waals surface area contributed by atoms with Crippen molar-refractivity contribution in [3.05, 3.63) is 52.8 Å². The summed E-state index contributed by atoms with van der Waals surface area (Å²) in [6, 6.07) is 2.90. The predicted octanol–water partition coefficient (Wildman–Crippen LogP) is 2.85. The van der Waals surface area contributed by atoms with Gasteiger partial charge < -0.3 is 11.1 Å². The van der Waals surface area contributed by atoms with Gasteiger partial charge in [0.25, 0.3) is 5.91 Å². The normalized spacial score (nSPS) is 10.3. The Bertz CT molecular complexity index is 626. The first-order chi connectivity index (χ1) is 8.99. The number of nitrogen functional groups attached to an aromatic ring is 1. The summed E-state index contributed by atoms with van der Waals surface area (Å²) in [5.41, 5.74) is 5.52. The number of benzene rings is 1. The molecule has 0 aliphatic carbocycles. The van der Waals surface area contributed by atoms with E-state index in [0.717, 1.165) is 6.07 Å². The van der Waals surface area contributed by atoms with Gasteiger partial charge in [-0.15, -0.1) is 0 Å². The molecular weight excluding hydrogens is 276 g/mol. The van der Waals surface area contributed by atoms with E-state index in [-0.39, 0.29) is 22.0 Å². The van der Waals surface area contributed by atoms with Gasteiger partial charge in [0.15, 0.2) is 5.82 Å². The van der Waals surface area contributed by atoms with Gasteiger partial charge in [-0.25, -0.2) is 8.78 Å². The first kappa shape index (κ1) is 13.2. The number of nitrogens with two attached hydrogens (primary N) is 1. The lowest BCUT2D eigenvalue weighted by atomic mass is 10.2. The number of anilines is 2. The summed E-state index contributed by atoms with van der Waals surface area (Å²) in [6.45, 7) is 0. The van der Waals surface area contributed by atoms with Crippen LogP contribution in [0.2, 0.25) is 5.02 Å². The van der Waals surface area contributed by atoms with Gasteiger partial charge in [-0.2, -0.15) is 0 Å². The van der Waals surface area contributed by atoms with E-state index in [2.05, 4.69) is 10.3 Å². The topological polar surface area (TPSA) is 68.0 Å². The van der Waals surface area contributed by atoms with E-state index in [9.17, 15) is 13.6 Å². The van der Waals surface area contributed by atoms with Crippen molar-refractivity contribution in [2.45, 2.75) is 0 Å². The number of nitrogens with one attached hydrogen (secondary N) is 1. The van der Waals surface area contributed by atoms with Gasteiger partial charge in [-0.1, -0.05) is 11.6 Å². The lowest BCUT2D eigenvalue weighted by molar-refractivity contribution is 0.102. The van der Waals surface area contributed by atoms with E-state index < -0.39 is 17.5 Å². The van der Waals surface area contributed by atoms with Crippen LogP contribution in [0.15, 0.2) is 30.6 Å². The van der Waals surface area contributed by atoms with Crippen LogP contribution in [-0.4, -0.2) is 10.9 Å². The molecule has 0 saturated carbocycles. The third-order valence-corrected chi connectivity index (χ3v) is 2.64. The van der Waals surface area contributed by atoms with E-state index in [1.165, 1.54) is 18.5 Å². The number of halogens is 3. The molecule has 0 bridgehead atoms. The van der Waals surface area contributed by atoms with Crippen LogP contribution in [0.25, 0.3) is 0 Å². The molecule has 0 unspecified atom stereocenters. The summed E-state index contributed by atoms with van der Waals surface area (Å²) >= 11 is 5.67. The Morgan fingerprint density at radius 2 is 2.11 bits per heavy atom. The van der Waals surface area contributed by atoms with Gasteiger partial charge in [0.1, 0.15) is 5.82 Å². The number of carbonyl (C=O) groups excluding carboxylic acids is 1. The molecule has 2 aromatic rings. The number of pyridine rings is 1. The molecule has 19 heavy (non-hydrogen) atoms. The number of amides is 1. The highest BCUT2D eigenvalue weighted by Gasteiger charge is 2.15. The molecule has 0 saturated heterocycles. The second kappa shape index (κ2) is 5.19. The van der Waals surface area contributed by atoms with Gasteiger partial charge in [-0.3, -0.25) is 9.78 Å². The van der Waals surface area contributed by atoms with Gasteiger partial charge in [0.2, 0.25) is 0 Å². The molecule has 1 heterocycles. The molecule has 0 spiro atoms. The fraction of sp³-hybridized carbons (Fsp3) is 0. The van der Waals surface area contributed by atoms with Crippen molar-refractivity contribution in [1.29, 1.82) is 0 Å². The maximum Gasteiger partial charge on any atom is 0.257 e. The maximum atomic E-state index is 13.5. The van der Waals surface area contributed by atoms with Crippen molar-refractivity contribution >= 4 is 28.9 Å². The second-order valence-electron chi connectivity index (χ2n) is 3.66. The Hall–Kier alpha value is -2.21. The minimum Gasteiger partial charge on any atom is -0.397 e. The number of rotatable bonds is 2. The van der Waals surface area contributed by atoms with E-state index in [0.29, 0.717) is 6.07 Å². The number of hydrogen-bond donors (Lipinski definition) is 2. The van der Waals surface area contributed by atoms with Gasteiger partial charge in [-0.05, 0) is 12.1 Å². The summed E-state index contributed by atoms with van der Waals surface area (Å²) in [5, 5.41) is 2.00. The zero-order valence-electron chi connectivity index (χ0n) is 9.45.